The van der Waals surface area contributed by atoms with Crippen LogP contribution in [0.4, 0.5) is 18.9 Å². The van der Waals surface area contributed by atoms with Gasteiger partial charge in [0, 0.05) is 24.1 Å². The Morgan fingerprint density at radius 1 is 1.13 bits per heavy atom. The van der Waals surface area contributed by atoms with Crippen molar-refractivity contribution >= 4 is 28.4 Å². The van der Waals surface area contributed by atoms with E-state index in [9.17, 15) is 33.1 Å². The van der Waals surface area contributed by atoms with Crippen LogP contribution >= 0.6 is 0 Å². The van der Waals surface area contributed by atoms with Crippen LogP contribution < -0.4 is 9.64 Å². The highest BCUT2D eigenvalue weighted by atomic mass is 19.4. The molecule has 1 aliphatic carbocycles. The molecule has 1 saturated heterocycles. The Hall–Kier alpha value is -4.11. The monoisotopic (exact) mass is 539 g/mol. The third-order valence-corrected chi connectivity index (χ3v) is 7.75. The Balaban J connectivity index is 1.46. The summed E-state index contributed by atoms with van der Waals surface area (Å²) in [5, 5.41) is 21.7. The molecular weight excluding hydrogens is 515 g/mol. The molecule has 1 aromatic carbocycles. The van der Waals surface area contributed by atoms with Gasteiger partial charge in [0.1, 0.15) is 12.4 Å². The molecule has 1 saturated carbocycles. The highest BCUT2D eigenvalue weighted by Gasteiger charge is 2.64. The molecule has 3 aromatic rings. The van der Waals surface area contributed by atoms with Crippen molar-refractivity contribution in [3.8, 4) is 11.9 Å². The number of nitrogens with zero attached hydrogens (tertiary/aromatic N) is 5. The molecule has 0 unspecified atom stereocenters. The highest BCUT2D eigenvalue weighted by Crippen LogP contribution is 2.55. The second kappa shape index (κ2) is 9.27. The van der Waals surface area contributed by atoms with Gasteiger partial charge >= 0.3 is 6.18 Å². The molecule has 3 heterocycles. The van der Waals surface area contributed by atoms with Gasteiger partial charge in [-0.3, -0.25) is 14.6 Å². The van der Waals surface area contributed by atoms with Crippen LogP contribution in [0.1, 0.15) is 44.4 Å². The van der Waals surface area contributed by atoms with Crippen LogP contribution in [-0.4, -0.2) is 44.1 Å². The Morgan fingerprint density at radius 3 is 2.59 bits per heavy atom. The summed E-state index contributed by atoms with van der Waals surface area (Å²) in [6, 6.07) is 9.05. The highest BCUT2D eigenvalue weighted by molar-refractivity contribution is 6.25. The SMILES string of the molecule is CC1(C)CC[C@](O)(CCOc2cc(C(F)(F)F)ncn2)[C@H]2C(=O)N(c3ccc(C#N)c4ncccc34)C(=O)[C@H]21. The lowest BCUT2D eigenvalue weighted by atomic mass is 9.58. The lowest BCUT2D eigenvalue weighted by Crippen LogP contribution is -2.53. The van der Waals surface area contributed by atoms with Crippen molar-refractivity contribution in [3.05, 3.63) is 54.1 Å². The van der Waals surface area contributed by atoms with Gasteiger partial charge in [0.15, 0.2) is 5.69 Å². The number of imide groups is 1. The Bertz CT molecular complexity index is 1520. The van der Waals surface area contributed by atoms with Crippen LogP contribution in [0, 0.1) is 28.6 Å². The first-order valence-corrected chi connectivity index (χ1v) is 12.3. The van der Waals surface area contributed by atoms with Crippen LogP contribution in [0.5, 0.6) is 5.88 Å². The van der Waals surface area contributed by atoms with Crippen LogP contribution in [0.2, 0.25) is 0 Å². The fraction of sp³-hybridized carbons (Fsp3) is 0.407. The molecule has 1 aliphatic heterocycles. The first kappa shape index (κ1) is 26.5. The van der Waals surface area contributed by atoms with Gasteiger partial charge in [-0.05, 0) is 42.5 Å². The summed E-state index contributed by atoms with van der Waals surface area (Å²) >= 11 is 0. The van der Waals surface area contributed by atoms with E-state index in [4.69, 9.17) is 4.74 Å². The summed E-state index contributed by atoms with van der Waals surface area (Å²) in [5.41, 5.74) is -2.52. The van der Waals surface area contributed by atoms with Crippen LogP contribution in [0.25, 0.3) is 10.9 Å². The van der Waals surface area contributed by atoms with Gasteiger partial charge in [-0.15, -0.1) is 0 Å². The second-order valence-electron chi connectivity index (χ2n) is 10.5. The van der Waals surface area contributed by atoms with Gasteiger partial charge in [0.25, 0.3) is 0 Å². The number of rotatable bonds is 5. The molecule has 2 aromatic heterocycles. The van der Waals surface area contributed by atoms with Crippen molar-refractivity contribution in [2.45, 2.75) is 44.9 Å². The Morgan fingerprint density at radius 2 is 1.87 bits per heavy atom. The number of pyridine rings is 1. The number of carbonyl (C=O) groups is 2. The Labute approximate surface area is 221 Å². The van der Waals surface area contributed by atoms with Gasteiger partial charge in [-0.2, -0.15) is 18.4 Å². The molecule has 5 rings (SSSR count). The molecule has 202 valence electrons. The number of aliphatic hydroxyl groups is 1. The standard InChI is InChI=1S/C27H24F3N5O4/c1-25(2)7-8-26(38,9-11-39-19-12-18(27(28,29)30)33-14-34-19)21-20(25)23(36)35(24(21)37)17-6-5-15(13-31)22-16(17)4-3-10-32-22/h3-6,10,12,14,20-21,38H,7-9,11H2,1-2H3/t20-,21+,26-/m0/s1. The number of carbonyl (C=O) groups excluding carboxylic acids is 2. The predicted octanol–water partition coefficient (Wildman–Crippen LogP) is 4.04. The van der Waals surface area contributed by atoms with Crippen molar-refractivity contribution in [2.24, 2.45) is 17.3 Å². The predicted molar refractivity (Wildman–Crippen MR) is 131 cm³/mol. The van der Waals surface area contributed by atoms with E-state index in [0.29, 0.717) is 29.0 Å². The van der Waals surface area contributed by atoms with Gasteiger partial charge < -0.3 is 9.84 Å². The van der Waals surface area contributed by atoms with Crippen molar-refractivity contribution in [1.29, 1.82) is 5.26 Å². The first-order valence-electron chi connectivity index (χ1n) is 12.3. The number of benzene rings is 1. The number of alkyl halides is 3. The van der Waals surface area contributed by atoms with Gasteiger partial charge in [0.05, 0.1) is 40.8 Å². The summed E-state index contributed by atoms with van der Waals surface area (Å²) in [6.07, 6.45) is -1.92. The Kier molecular flexibility index (Phi) is 6.30. The largest absolute Gasteiger partial charge is 0.477 e. The maximum absolute atomic E-state index is 13.9. The molecule has 0 radical (unpaired) electrons. The van der Waals surface area contributed by atoms with Gasteiger partial charge in [-0.25, -0.2) is 14.9 Å². The lowest BCUT2D eigenvalue weighted by Gasteiger charge is -2.46. The number of halogens is 3. The molecule has 1 N–H and O–H groups in total. The number of hydrogen-bond donors (Lipinski definition) is 1. The number of aromatic nitrogens is 3. The maximum Gasteiger partial charge on any atom is 0.433 e. The minimum atomic E-state index is -4.67. The summed E-state index contributed by atoms with van der Waals surface area (Å²) in [5.74, 6) is -3.32. The van der Waals surface area contributed by atoms with Crippen molar-refractivity contribution in [1.82, 2.24) is 15.0 Å². The first-order chi connectivity index (χ1) is 18.4. The summed E-state index contributed by atoms with van der Waals surface area (Å²) in [4.78, 5) is 40.0. The average Bonchev–Trinajstić information content (AvgIpc) is 3.17. The maximum atomic E-state index is 13.9. The van der Waals surface area contributed by atoms with E-state index in [-0.39, 0.29) is 31.0 Å². The van der Waals surface area contributed by atoms with E-state index in [1.54, 1.807) is 12.1 Å². The fourth-order valence-corrected chi connectivity index (χ4v) is 5.71. The van der Waals surface area contributed by atoms with Gasteiger partial charge in [-0.1, -0.05) is 13.8 Å². The minimum Gasteiger partial charge on any atom is -0.477 e. The number of amides is 2. The minimum absolute atomic E-state index is 0.113. The van der Waals surface area contributed by atoms with Crippen molar-refractivity contribution in [3.63, 3.8) is 0 Å². The topological polar surface area (TPSA) is 129 Å². The lowest BCUT2D eigenvalue weighted by molar-refractivity contribution is -0.151. The molecule has 12 heteroatoms. The zero-order chi connectivity index (χ0) is 28.2. The molecular formula is C27H24F3N5O4. The molecule has 9 nitrogen and oxygen atoms in total. The van der Waals surface area contributed by atoms with E-state index < -0.39 is 46.5 Å². The van der Waals surface area contributed by atoms with E-state index in [0.717, 1.165) is 11.2 Å². The smallest absolute Gasteiger partial charge is 0.433 e. The molecule has 2 amide bonds. The molecule has 0 spiro atoms. The van der Waals surface area contributed by atoms with Crippen molar-refractivity contribution < 1.29 is 32.6 Å². The van der Waals surface area contributed by atoms with Crippen LogP contribution in [0.15, 0.2) is 42.9 Å². The average molecular weight is 540 g/mol. The summed E-state index contributed by atoms with van der Waals surface area (Å²) in [6.45, 7) is 3.50. The summed E-state index contributed by atoms with van der Waals surface area (Å²) in [7, 11) is 0. The van der Waals surface area contributed by atoms with Gasteiger partial charge in [0.2, 0.25) is 17.7 Å². The van der Waals surface area contributed by atoms with Crippen LogP contribution in [-0.2, 0) is 15.8 Å². The van der Waals surface area contributed by atoms with Crippen molar-refractivity contribution in [2.75, 3.05) is 11.5 Å². The number of ether oxygens (including phenoxy) is 1. The molecule has 0 bridgehead atoms. The third-order valence-electron chi connectivity index (χ3n) is 7.75. The zero-order valence-corrected chi connectivity index (χ0v) is 21.1. The molecule has 2 aliphatic rings. The normalized spacial score (nSPS) is 24.5. The van der Waals surface area contributed by atoms with E-state index in [1.165, 1.54) is 18.3 Å². The van der Waals surface area contributed by atoms with E-state index in [1.807, 2.05) is 13.8 Å². The van der Waals surface area contributed by atoms with Crippen LogP contribution in [0.3, 0.4) is 0 Å². The number of hydrogen-bond acceptors (Lipinski definition) is 8. The molecule has 2 fully saturated rings. The number of anilines is 1. The summed E-state index contributed by atoms with van der Waals surface area (Å²) < 4.78 is 44.3. The quantitative estimate of drug-likeness (QED) is 0.481. The zero-order valence-electron chi connectivity index (χ0n) is 21.1. The number of nitriles is 1. The molecule has 39 heavy (non-hydrogen) atoms. The van der Waals surface area contributed by atoms with E-state index in [2.05, 4.69) is 21.0 Å². The van der Waals surface area contributed by atoms with E-state index >= 15 is 0 Å². The second-order valence-corrected chi connectivity index (χ2v) is 10.5. The number of fused-ring (bicyclic) bond motifs is 2. The fourth-order valence-electron chi connectivity index (χ4n) is 5.71. The molecule has 3 atom stereocenters. The third kappa shape index (κ3) is 4.46.